The Labute approximate surface area is 817 Å². The quantitative estimate of drug-likeness (QED) is 0.0925. The van der Waals surface area contributed by atoms with Crippen molar-refractivity contribution in [3.05, 3.63) is 517 Å². The van der Waals surface area contributed by atoms with E-state index in [0.717, 1.165) is 144 Å². The van der Waals surface area contributed by atoms with E-state index >= 15 is 0 Å². The molecule has 0 spiro atoms. The molecule has 6 heterocycles. The lowest BCUT2D eigenvalue weighted by atomic mass is 9.91. The molecule has 0 saturated carbocycles. The molecule has 9 heteroatoms. The molecule has 0 amide bonds. The number of benzene rings is 20. The third-order valence-corrected chi connectivity index (χ3v) is 26.3. The zero-order valence-electron chi connectivity index (χ0n) is 80.7. The second kappa shape index (κ2) is 37.6. The van der Waals surface area contributed by atoms with E-state index in [1.807, 2.05) is 91.6 Å². The zero-order valence-corrected chi connectivity index (χ0v) is 75.7. The van der Waals surface area contributed by atoms with Crippen molar-refractivity contribution in [2.75, 3.05) is 0 Å². The Bertz CT molecular complexity index is 9520. The summed E-state index contributed by atoms with van der Waals surface area (Å²) in [7, 11) is 0. The van der Waals surface area contributed by atoms with Crippen LogP contribution in [-0.4, -0.2) is 44.9 Å². The molecule has 0 saturated heterocycles. The molecule has 20 aromatic carbocycles. The van der Waals surface area contributed by atoms with Gasteiger partial charge in [-0.2, -0.15) is 0 Å². The Balaban J connectivity index is 0.000000117. The smallest absolute Gasteiger partial charge is 0.160 e. The molecule has 0 unspecified atom stereocenters. The second-order valence-corrected chi connectivity index (χ2v) is 34.7. The van der Waals surface area contributed by atoms with Gasteiger partial charge in [0.2, 0.25) is 0 Å². The van der Waals surface area contributed by atoms with Crippen molar-refractivity contribution in [1.29, 1.82) is 0 Å². The van der Waals surface area contributed by atoms with Crippen molar-refractivity contribution < 1.29 is 6.85 Å². The van der Waals surface area contributed by atoms with Gasteiger partial charge in [-0.15, -0.1) is 0 Å². The molecule has 26 rings (SSSR count). The van der Waals surface area contributed by atoms with E-state index in [9.17, 15) is 0 Å². The predicted molar refractivity (Wildman–Crippen MR) is 581 cm³/mol. The van der Waals surface area contributed by atoms with Gasteiger partial charge in [-0.25, -0.2) is 29.9 Å². The summed E-state index contributed by atoms with van der Waals surface area (Å²) in [5, 5.41) is 19.2. The lowest BCUT2D eigenvalue weighted by molar-refractivity contribution is 1.18. The minimum absolute atomic E-state index is 0.0420. The topological polar surface area (TPSA) is 116 Å². The highest BCUT2D eigenvalue weighted by Crippen LogP contribution is 2.46. The number of pyridine rings is 3. The predicted octanol–water partition coefficient (Wildman–Crippen LogP) is 33.8. The molecule has 9 nitrogen and oxygen atoms in total. The van der Waals surface area contributed by atoms with Gasteiger partial charge in [-0.1, -0.05) is 382 Å². The second-order valence-electron chi connectivity index (χ2n) is 34.7. The van der Waals surface area contributed by atoms with Crippen molar-refractivity contribution in [3.63, 3.8) is 0 Å². The fraction of sp³-hybridized carbons (Fsp3) is 0. The first kappa shape index (κ1) is 78.6. The molecule has 0 aliphatic carbocycles. The maximum atomic E-state index is 8.62. The van der Waals surface area contributed by atoms with Gasteiger partial charge >= 0.3 is 0 Å². The van der Waals surface area contributed by atoms with Crippen LogP contribution < -0.4 is 0 Å². The highest BCUT2D eigenvalue weighted by molar-refractivity contribution is 6.17. The van der Waals surface area contributed by atoms with Crippen LogP contribution in [0.15, 0.2) is 517 Å². The lowest BCUT2D eigenvalue weighted by Crippen LogP contribution is -1.97. The minimum Gasteiger partial charge on any atom is -0.264 e. The van der Waals surface area contributed by atoms with E-state index < -0.39 is 18.1 Å². The van der Waals surface area contributed by atoms with Crippen molar-refractivity contribution in [3.8, 4) is 168 Å². The third-order valence-electron chi connectivity index (χ3n) is 26.3. The van der Waals surface area contributed by atoms with Crippen molar-refractivity contribution in [2.45, 2.75) is 0 Å². The average molecular weight is 1790 g/mol. The molecule has 0 N–H and O–H groups in total. The van der Waals surface area contributed by atoms with Crippen molar-refractivity contribution in [2.24, 2.45) is 0 Å². The molecule has 654 valence electrons. The first-order valence-electron chi connectivity index (χ1n) is 49.2. The van der Waals surface area contributed by atoms with E-state index in [1.165, 1.54) is 81.1 Å². The molecule has 0 fully saturated rings. The van der Waals surface area contributed by atoms with Crippen molar-refractivity contribution >= 4 is 86.2 Å². The molecule has 0 aliphatic rings. The van der Waals surface area contributed by atoms with Gasteiger partial charge in [0, 0.05) is 123 Å². The van der Waals surface area contributed by atoms with E-state index in [0.29, 0.717) is 17.3 Å². The summed E-state index contributed by atoms with van der Waals surface area (Å²) in [5.74, 6) is 1.46. The Kier molecular flexibility index (Phi) is 21.1. The highest BCUT2D eigenvalue weighted by Gasteiger charge is 2.23. The highest BCUT2D eigenvalue weighted by atomic mass is 14.9. The molecule has 140 heavy (non-hydrogen) atoms. The zero-order chi connectivity index (χ0) is 97.4. The number of fused-ring (bicyclic) bond motifs is 11. The number of hydrogen-bond acceptors (Lipinski definition) is 9. The molecular formula is C131H85N9. The Morgan fingerprint density at radius 1 is 0.150 bits per heavy atom. The minimum atomic E-state index is -0.460. The molecule has 0 bridgehead atoms. The Morgan fingerprint density at radius 3 is 0.843 bits per heavy atom. The van der Waals surface area contributed by atoms with E-state index in [-0.39, 0.29) is 23.5 Å². The molecule has 0 atom stereocenters. The number of nitrogens with zero attached hydrogens (tertiary/aromatic N) is 9. The summed E-state index contributed by atoms with van der Waals surface area (Å²) in [5.41, 5.74) is 25.9. The average Bonchev–Trinajstić information content (AvgIpc) is 0.766. The fourth-order valence-electron chi connectivity index (χ4n) is 19.5. The number of aromatic nitrogens is 9. The van der Waals surface area contributed by atoms with Crippen molar-refractivity contribution in [1.82, 2.24) is 44.9 Å². The van der Waals surface area contributed by atoms with E-state index in [1.54, 1.807) is 24.8 Å². The Hall–Kier alpha value is -18.8. The van der Waals surface area contributed by atoms with Gasteiger partial charge in [0.15, 0.2) is 17.5 Å². The van der Waals surface area contributed by atoms with Crippen LogP contribution in [0.2, 0.25) is 0 Å². The lowest BCUT2D eigenvalue weighted by Gasteiger charge is -2.15. The summed E-state index contributed by atoms with van der Waals surface area (Å²) in [6, 6.07) is 149. The van der Waals surface area contributed by atoms with Crippen LogP contribution in [0.25, 0.3) is 254 Å². The normalized spacial score (nSPS) is 11.8. The molecule has 6 aromatic heterocycles. The van der Waals surface area contributed by atoms with Gasteiger partial charge in [0.1, 0.15) is 0 Å². The van der Waals surface area contributed by atoms with Gasteiger partial charge < -0.3 is 0 Å². The van der Waals surface area contributed by atoms with Crippen LogP contribution in [0.1, 0.15) is 6.85 Å². The van der Waals surface area contributed by atoms with Crippen LogP contribution in [0.5, 0.6) is 0 Å². The SMILES string of the molecule is [2H]c1c([2H])c([2H])c(-c2ncc(-c3cccc(-c4cccnc4)c3)c(-c3cccc(-c4cc5ccccc5c5ccccc45)c3)n2)c([2H])c1[2H].c1cncc(-c2cccc(-c3cnc(-c4ccc5ccccc5c4)nc3-c3cccc(-c4cc5ccccc5c5ccccc45)c3)c2)c1.c1cncc(-c2cccc(-c3cnc(-c4cccc5ccccc45)nc3-c3cccc(-c4cc5ccccc5c5ccccc45)c3)c2)c1. The molecule has 26 aromatic rings. The standard InChI is InChI=1S/2C45H29N3.C41H27N3/c1-3-19-37-30(11-1)13-9-23-41(37)45-47-29-43(33-16-7-14-31(25-33)36-18-10-24-46-28-36)44(48-45)35-17-8-15-32(26-35)42-27-34-12-2-4-20-38(34)39-21-5-6-22-40(39)42;1-2-11-31-25-37(22-21-30(31)10-1)45-47-29-43(34-15-7-13-32(24-34)38-17-9-23-46-28-38)44(48-45)36-16-8-14-33(26-36)42-27-35-12-3-4-18-39(35)40-19-5-6-20-41(40)42;1-2-11-28(12-3-1)41-43-27-39(31-16-8-14-29(23-31)34-18-10-22-42-26-34)40(44-41)33-17-9-15-30(24-33)38-25-32-13-4-5-19-35(32)36-20-6-7-21-37(36)38/h2*1-29H;1-27H/i;;1D,2D,3D,11D,12D. The van der Waals surface area contributed by atoms with Crippen LogP contribution in [0, 0.1) is 0 Å². The summed E-state index contributed by atoms with van der Waals surface area (Å²) in [6.45, 7) is 0. The van der Waals surface area contributed by atoms with Crippen LogP contribution in [0.3, 0.4) is 0 Å². The summed E-state index contributed by atoms with van der Waals surface area (Å²) in [6.07, 6.45) is 16.6. The van der Waals surface area contributed by atoms with Crippen LogP contribution in [-0.2, 0) is 0 Å². The first-order valence-corrected chi connectivity index (χ1v) is 46.7. The number of hydrogen-bond donors (Lipinski definition) is 0. The third kappa shape index (κ3) is 16.8. The van der Waals surface area contributed by atoms with Crippen LogP contribution >= 0.6 is 0 Å². The van der Waals surface area contributed by atoms with Gasteiger partial charge in [0.05, 0.1) is 23.9 Å². The summed E-state index contributed by atoms with van der Waals surface area (Å²) in [4.78, 5) is 43.2. The maximum absolute atomic E-state index is 8.62. The van der Waals surface area contributed by atoms with E-state index in [4.69, 9.17) is 31.8 Å². The maximum Gasteiger partial charge on any atom is 0.160 e. The number of rotatable bonds is 15. The largest absolute Gasteiger partial charge is 0.264 e. The van der Waals surface area contributed by atoms with E-state index in [2.05, 4.69) is 390 Å². The fourth-order valence-corrected chi connectivity index (χ4v) is 19.5. The van der Waals surface area contributed by atoms with Gasteiger partial charge in [-0.3, -0.25) is 15.0 Å². The molecular weight excluding hydrogens is 1700 g/mol. The van der Waals surface area contributed by atoms with Gasteiger partial charge in [0.25, 0.3) is 0 Å². The van der Waals surface area contributed by atoms with Crippen LogP contribution in [0.4, 0.5) is 0 Å². The summed E-state index contributed by atoms with van der Waals surface area (Å²) >= 11 is 0. The monoisotopic (exact) mass is 1790 g/mol. The Morgan fingerprint density at radius 2 is 0.443 bits per heavy atom. The summed E-state index contributed by atoms with van der Waals surface area (Å²) < 4.78 is 41.9. The van der Waals surface area contributed by atoms with Gasteiger partial charge in [-0.05, 0) is 232 Å². The molecule has 0 radical (unpaired) electrons. The first-order chi connectivity index (χ1) is 71.5. The molecule has 0 aliphatic heterocycles.